The summed E-state index contributed by atoms with van der Waals surface area (Å²) in [6, 6.07) is -0.322. The Labute approximate surface area is 103 Å². The summed E-state index contributed by atoms with van der Waals surface area (Å²) in [7, 11) is 0. The van der Waals surface area contributed by atoms with Gasteiger partial charge in [-0.05, 0) is 34.1 Å². The molecule has 5 nitrogen and oxygen atoms in total. The van der Waals surface area contributed by atoms with Gasteiger partial charge >= 0.3 is 12.0 Å². The van der Waals surface area contributed by atoms with Crippen LogP contribution in [0.25, 0.3) is 0 Å². The number of carboxylic acid groups (broad SMARTS) is 1. The number of aliphatic carboxylic acids is 1. The van der Waals surface area contributed by atoms with Gasteiger partial charge in [-0.1, -0.05) is 13.3 Å². The van der Waals surface area contributed by atoms with Crippen molar-refractivity contribution < 1.29 is 14.7 Å². The molecular weight excluding hydrogens is 220 g/mol. The van der Waals surface area contributed by atoms with Crippen LogP contribution in [0.4, 0.5) is 4.79 Å². The van der Waals surface area contributed by atoms with Crippen LogP contribution in [0.5, 0.6) is 0 Å². The molecule has 0 rings (SSSR count). The third kappa shape index (κ3) is 6.14. The van der Waals surface area contributed by atoms with Gasteiger partial charge in [0.1, 0.15) is 0 Å². The average molecular weight is 244 g/mol. The second-order valence-electron chi connectivity index (χ2n) is 5.63. The van der Waals surface area contributed by atoms with Crippen molar-refractivity contribution in [2.45, 2.75) is 53.0 Å². The largest absolute Gasteiger partial charge is 0.481 e. The summed E-state index contributed by atoms with van der Waals surface area (Å²) in [6.45, 7) is 9.20. The summed E-state index contributed by atoms with van der Waals surface area (Å²) >= 11 is 0. The van der Waals surface area contributed by atoms with Gasteiger partial charge in [-0.3, -0.25) is 4.79 Å². The van der Waals surface area contributed by atoms with E-state index >= 15 is 0 Å². The topological polar surface area (TPSA) is 78.4 Å². The molecule has 0 spiro atoms. The van der Waals surface area contributed by atoms with E-state index in [1.807, 2.05) is 13.8 Å². The Kier molecular flexibility index (Phi) is 5.45. The van der Waals surface area contributed by atoms with Crippen LogP contribution in [0.2, 0.25) is 0 Å². The minimum atomic E-state index is -0.952. The molecule has 0 radical (unpaired) electrons. The van der Waals surface area contributed by atoms with Gasteiger partial charge in [-0.2, -0.15) is 0 Å². The number of urea groups is 1. The maximum atomic E-state index is 11.6. The first-order valence-electron chi connectivity index (χ1n) is 5.90. The highest BCUT2D eigenvalue weighted by molar-refractivity contribution is 5.77. The summed E-state index contributed by atoms with van der Waals surface area (Å²) in [6.07, 6.45) is 1.86. The lowest BCUT2D eigenvalue weighted by atomic mass is 9.94. The van der Waals surface area contributed by atoms with Crippen molar-refractivity contribution >= 4 is 12.0 Å². The Hall–Kier alpha value is -1.26. The Morgan fingerprint density at radius 2 is 1.71 bits per heavy atom. The molecule has 0 aliphatic heterocycles. The van der Waals surface area contributed by atoms with Crippen molar-refractivity contribution in [3.8, 4) is 0 Å². The number of hydrogen-bond donors (Lipinski definition) is 3. The highest BCUT2D eigenvalue weighted by Crippen LogP contribution is 2.13. The predicted octanol–water partition coefficient (Wildman–Crippen LogP) is 1.98. The standard InChI is InChI=1S/C12H24N2O3/c1-6-7-12(4,5)14-10(17)13-8-11(2,3)9(15)16/h6-8H2,1-5H3,(H,15,16)(H2,13,14,17). The first-order chi connectivity index (χ1) is 7.60. The summed E-state index contributed by atoms with van der Waals surface area (Å²) in [5, 5.41) is 14.3. The minimum absolute atomic E-state index is 0.108. The zero-order chi connectivity index (χ0) is 13.7. The first-order valence-corrected chi connectivity index (χ1v) is 5.90. The lowest BCUT2D eigenvalue weighted by Gasteiger charge is -2.27. The smallest absolute Gasteiger partial charge is 0.315 e. The van der Waals surface area contributed by atoms with Gasteiger partial charge in [0.05, 0.1) is 5.41 Å². The highest BCUT2D eigenvalue weighted by Gasteiger charge is 2.28. The van der Waals surface area contributed by atoms with E-state index in [4.69, 9.17) is 5.11 Å². The van der Waals surface area contributed by atoms with Gasteiger partial charge in [-0.25, -0.2) is 4.79 Å². The monoisotopic (exact) mass is 244 g/mol. The number of hydrogen-bond acceptors (Lipinski definition) is 2. The van der Waals surface area contributed by atoms with Gasteiger partial charge in [0, 0.05) is 12.1 Å². The van der Waals surface area contributed by atoms with E-state index in [-0.39, 0.29) is 18.1 Å². The fraction of sp³-hybridized carbons (Fsp3) is 0.833. The SMILES string of the molecule is CCCC(C)(C)NC(=O)NCC(C)(C)C(=O)O. The number of rotatable bonds is 6. The van der Waals surface area contributed by atoms with Crippen LogP contribution in [0, 0.1) is 5.41 Å². The van der Waals surface area contributed by atoms with Crippen molar-refractivity contribution in [2.24, 2.45) is 5.41 Å². The first kappa shape index (κ1) is 15.7. The normalized spacial score (nSPS) is 12.1. The van der Waals surface area contributed by atoms with Crippen molar-refractivity contribution in [1.82, 2.24) is 10.6 Å². The summed E-state index contributed by atoms with van der Waals surface area (Å²) in [4.78, 5) is 22.4. The molecule has 0 unspecified atom stereocenters. The Balaban J connectivity index is 4.17. The fourth-order valence-electron chi connectivity index (χ4n) is 1.42. The van der Waals surface area contributed by atoms with E-state index in [9.17, 15) is 9.59 Å². The number of carbonyl (C=O) groups is 2. The predicted molar refractivity (Wildman–Crippen MR) is 66.9 cm³/mol. The number of carbonyl (C=O) groups excluding carboxylic acids is 1. The molecule has 3 N–H and O–H groups in total. The van der Waals surface area contributed by atoms with E-state index in [0.717, 1.165) is 12.8 Å². The Bertz CT molecular complexity index is 285. The molecular formula is C12H24N2O3. The zero-order valence-corrected chi connectivity index (χ0v) is 11.4. The third-order valence-corrected chi connectivity index (χ3v) is 2.60. The second kappa shape index (κ2) is 5.89. The van der Waals surface area contributed by atoms with Gasteiger partial charge in [-0.15, -0.1) is 0 Å². The van der Waals surface area contributed by atoms with E-state index in [0.29, 0.717) is 0 Å². The van der Waals surface area contributed by atoms with Gasteiger partial charge < -0.3 is 15.7 Å². The Morgan fingerprint density at radius 3 is 2.12 bits per heavy atom. The number of carboxylic acids is 1. The van der Waals surface area contributed by atoms with Crippen LogP contribution < -0.4 is 10.6 Å². The average Bonchev–Trinajstić information content (AvgIpc) is 2.13. The molecule has 17 heavy (non-hydrogen) atoms. The van der Waals surface area contributed by atoms with Gasteiger partial charge in [0.2, 0.25) is 0 Å². The number of nitrogens with one attached hydrogen (secondary N) is 2. The maximum absolute atomic E-state index is 11.6. The van der Waals surface area contributed by atoms with Crippen molar-refractivity contribution in [3.63, 3.8) is 0 Å². The Morgan fingerprint density at radius 1 is 1.18 bits per heavy atom. The van der Waals surface area contributed by atoms with Gasteiger partial charge in [0.15, 0.2) is 0 Å². The molecule has 0 aromatic heterocycles. The minimum Gasteiger partial charge on any atom is -0.481 e. The fourth-order valence-corrected chi connectivity index (χ4v) is 1.42. The lowest BCUT2D eigenvalue weighted by Crippen LogP contribution is -2.50. The molecule has 0 aliphatic carbocycles. The van der Waals surface area contributed by atoms with Crippen molar-refractivity contribution in [1.29, 1.82) is 0 Å². The van der Waals surface area contributed by atoms with Gasteiger partial charge in [0.25, 0.3) is 0 Å². The molecule has 100 valence electrons. The summed E-state index contributed by atoms with van der Waals surface area (Å²) in [5.74, 6) is -0.925. The summed E-state index contributed by atoms with van der Waals surface area (Å²) in [5.41, 5.74) is -1.22. The zero-order valence-electron chi connectivity index (χ0n) is 11.4. The lowest BCUT2D eigenvalue weighted by molar-refractivity contribution is -0.146. The molecule has 0 aromatic rings. The molecule has 0 heterocycles. The molecule has 0 fully saturated rings. The highest BCUT2D eigenvalue weighted by atomic mass is 16.4. The van der Waals surface area contributed by atoms with E-state index < -0.39 is 11.4 Å². The van der Waals surface area contributed by atoms with Crippen LogP contribution in [0.1, 0.15) is 47.5 Å². The molecule has 0 saturated carbocycles. The molecule has 0 saturated heterocycles. The van der Waals surface area contributed by atoms with E-state index in [1.165, 1.54) is 0 Å². The van der Waals surface area contributed by atoms with Crippen LogP contribution >= 0.6 is 0 Å². The summed E-state index contributed by atoms with van der Waals surface area (Å²) < 4.78 is 0. The molecule has 5 heteroatoms. The van der Waals surface area contributed by atoms with Crippen LogP contribution in [-0.4, -0.2) is 29.2 Å². The third-order valence-electron chi connectivity index (χ3n) is 2.60. The van der Waals surface area contributed by atoms with E-state index in [1.54, 1.807) is 13.8 Å². The molecule has 2 amide bonds. The van der Waals surface area contributed by atoms with Crippen LogP contribution in [-0.2, 0) is 4.79 Å². The second-order valence-corrected chi connectivity index (χ2v) is 5.63. The number of amides is 2. The van der Waals surface area contributed by atoms with Crippen molar-refractivity contribution in [3.05, 3.63) is 0 Å². The quantitative estimate of drug-likeness (QED) is 0.668. The molecule has 0 bridgehead atoms. The van der Waals surface area contributed by atoms with Crippen molar-refractivity contribution in [2.75, 3.05) is 6.54 Å². The molecule has 0 atom stereocenters. The van der Waals surface area contributed by atoms with Crippen LogP contribution in [0.15, 0.2) is 0 Å². The maximum Gasteiger partial charge on any atom is 0.315 e. The van der Waals surface area contributed by atoms with E-state index in [2.05, 4.69) is 17.6 Å². The molecule has 0 aromatic carbocycles. The molecule has 0 aliphatic rings. The van der Waals surface area contributed by atoms with Crippen LogP contribution in [0.3, 0.4) is 0 Å².